The molecule has 1 saturated heterocycles. The predicted molar refractivity (Wildman–Crippen MR) is 70.7 cm³/mol. The molecule has 0 bridgehead atoms. The van der Waals surface area contributed by atoms with E-state index in [0.29, 0.717) is 10.4 Å². The van der Waals surface area contributed by atoms with E-state index in [1.54, 1.807) is 11.8 Å². The Hall–Kier alpha value is -1.01. The Morgan fingerprint density at radius 1 is 1.56 bits per heavy atom. The molecule has 1 unspecified atom stereocenters. The van der Waals surface area contributed by atoms with Crippen LogP contribution in [0.3, 0.4) is 0 Å². The minimum atomic E-state index is -0.185. The Kier molecular flexibility index (Phi) is 3.07. The van der Waals surface area contributed by atoms with Crippen LogP contribution in [0.1, 0.15) is 32.1 Å². The Morgan fingerprint density at radius 2 is 2.39 bits per heavy atom. The number of thioether (sulfide) groups is 1. The molecule has 6 heteroatoms. The van der Waals surface area contributed by atoms with Crippen LogP contribution in [-0.2, 0) is 4.74 Å². The summed E-state index contributed by atoms with van der Waals surface area (Å²) in [5.74, 6) is 0.284. The van der Waals surface area contributed by atoms with Gasteiger partial charge in [-0.15, -0.1) is 0 Å². The number of nitrogen functional groups attached to an aromatic ring is 1. The van der Waals surface area contributed by atoms with Gasteiger partial charge in [-0.25, -0.2) is 4.98 Å². The van der Waals surface area contributed by atoms with Gasteiger partial charge in [0, 0.05) is 17.9 Å². The first kappa shape index (κ1) is 12.0. The number of anilines is 1. The van der Waals surface area contributed by atoms with E-state index in [9.17, 15) is 4.79 Å². The van der Waals surface area contributed by atoms with Gasteiger partial charge in [0.05, 0.1) is 5.60 Å². The van der Waals surface area contributed by atoms with E-state index in [1.807, 2.05) is 0 Å². The molecule has 3 N–H and O–H groups in total. The standard InChI is InChI=1S/C12H17N3O2S/c13-9-6-10(16)15-11(14-9)18-8-2-5-17-12(7-8)3-1-4-12/h6,8H,1-5,7H2,(H3,13,14,15,16). The Balaban J connectivity index is 1.70. The largest absolute Gasteiger partial charge is 0.383 e. The number of nitrogens with two attached hydrogens (primary N) is 1. The summed E-state index contributed by atoms with van der Waals surface area (Å²) >= 11 is 1.62. The van der Waals surface area contributed by atoms with Gasteiger partial charge in [0.25, 0.3) is 5.56 Å². The van der Waals surface area contributed by atoms with Gasteiger partial charge in [0.2, 0.25) is 0 Å². The van der Waals surface area contributed by atoms with Crippen molar-refractivity contribution in [3.05, 3.63) is 16.4 Å². The molecular formula is C12H17N3O2S. The third-order valence-corrected chi connectivity index (χ3v) is 4.88. The number of ether oxygens (including phenoxy) is 1. The van der Waals surface area contributed by atoms with Crippen molar-refractivity contribution in [2.75, 3.05) is 12.3 Å². The van der Waals surface area contributed by atoms with Crippen molar-refractivity contribution in [1.82, 2.24) is 9.97 Å². The number of aromatic nitrogens is 2. The van der Waals surface area contributed by atoms with E-state index in [4.69, 9.17) is 10.5 Å². The zero-order valence-corrected chi connectivity index (χ0v) is 11.0. The molecule has 1 aliphatic heterocycles. The first-order valence-corrected chi connectivity index (χ1v) is 7.21. The molecule has 1 spiro atoms. The van der Waals surface area contributed by atoms with Crippen LogP contribution in [0.4, 0.5) is 5.82 Å². The van der Waals surface area contributed by atoms with Crippen molar-refractivity contribution in [2.45, 2.75) is 48.1 Å². The lowest BCUT2D eigenvalue weighted by Gasteiger charge is -2.46. The summed E-state index contributed by atoms with van der Waals surface area (Å²) in [4.78, 5) is 18.2. The van der Waals surface area contributed by atoms with Crippen LogP contribution in [0.15, 0.2) is 16.0 Å². The zero-order chi connectivity index (χ0) is 12.6. The molecule has 3 rings (SSSR count). The maximum Gasteiger partial charge on any atom is 0.253 e. The van der Waals surface area contributed by atoms with Gasteiger partial charge in [-0.1, -0.05) is 11.8 Å². The van der Waals surface area contributed by atoms with Crippen molar-refractivity contribution in [3.8, 4) is 0 Å². The number of nitrogens with one attached hydrogen (secondary N) is 1. The fourth-order valence-electron chi connectivity index (χ4n) is 2.67. The molecule has 0 aromatic carbocycles. The van der Waals surface area contributed by atoms with Crippen LogP contribution in [0.2, 0.25) is 0 Å². The maximum absolute atomic E-state index is 11.3. The van der Waals surface area contributed by atoms with Gasteiger partial charge in [-0.2, -0.15) is 0 Å². The van der Waals surface area contributed by atoms with Crippen LogP contribution in [0.25, 0.3) is 0 Å². The van der Waals surface area contributed by atoms with Gasteiger partial charge in [0.15, 0.2) is 5.16 Å². The number of hydrogen-bond donors (Lipinski definition) is 2. The van der Waals surface area contributed by atoms with Gasteiger partial charge in [-0.3, -0.25) is 4.79 Å². The van der Waals surface area contributed by atoms with Crippen molar-refractivity contribution in [3.63, 3.8) is 0 Å². The van der Waals surface area contributed by atoms with Crippen molar-refractivity contribution < 1.29 is 4.74 Å². The topological polar surface area (TPSA) is 81.0 Å². The molecule has 0 amide bonds. The second kappa shape index (κ2) is 4.59. The van der Waals surface area contributed by atoms with E-state index < -0.39 is 0 Å². The summed E-state index contributed by atoms with van der Waals surface area (Å²) in [5.41, 5.74) is 5.52. The van der Waals surface area contributed by atoms with Crippen LogP contribution >= 0.6 is 11.8 Å². The summed E-state index contributed by atoms with van der Waals surface area (Å²) < 4.78 is 5.89. The molecule has 18 heavy (non-hydrogen) atoms. The number of aromatic amines is 1. The number of H-pyrrole nitrogens is 1. The van der Waals surface area contributed by atoms with E-state index in [-0.39, 0.29) is 17.0 Å². The van der Waals surface area contributed by atoms with Crippen LogP contribution < -0.4 is 11.3 Å². The Morgan fingerprint density at radius 3 is 3.06 bits per heavy atom. The van der Waals surface area contributed by atoms with Gasteiger partial charge >= 0.3 is 0 Å². The predicted octanol–water partition coefficient (Wildman–Crippen LogP) is 1.55. The third kappa shape index (κ3) is 2.40. The molecule has 1 aromatic heterocycles. The van der Waals surface area contributed by atoms with E-state index in [2.05, 4.69) is 9.97 Å². The molecule has 2 aliphatic rings. The molecule has 0 radical (unpaired) electrons. The lowest BCUT2D eigenvalue weighted by atomic mass is 9.75. The molecule has 5 nitrogen and oxygen atoms in total. The summed E-state index contributed by atoms with van der Waals surface area (Å²) in [7, 11) is 0. The van der Waals surface area contributed by atoms with Crippen LogP contribution in [0.5, 0.6) is 0 Å². The van der Waals surface area contributed by atoms with E-state index >= 15 is 0 Å². The minimum absolute atomic E-state index is 0.122. The molecule has 1 aromatic rings. The summed E-state index contributed by atoms with van der Waals surface area (Å²) in [6.07, 6.45) is 5.67. The summed E-state index contributed by atoms with van der Waals surface area (Å²) in [5, 5.41) is 1.09. The summed E-state index contributed by atoms with van der Waals surface area (Å²) in [6.45, 7) is 0.810. The minimum Gasteiger partial charge on any atom is -0.383 e. The number of nitrogens with zero attached hydrogens (tertiary/aromatic N) is 1. The normalized spacial score (nSPS) is 25.9. The maximum atomic E-state index is 11.3. The smallest absolute Gasteiger partial charge is 0.253 e. The molecule has 98 valence electrons. The average Bonchev–Trinajstić information content (AvgIpc) is 2.26. The fraction of sp³-hybridized carbons (Fsp3) is 0.667. The number of rotatable bonds is 2. The highest BCUT2D eigenvalue weighted by atomic mass is 32.2. The molecule has 2 fully saturated rings. The Bertz CT molecular complexity index is 498. The molecule has 1 saturated carbocycles. The molecule has 2 heterocycles. The second-order valence-corrected chi connectivity index (χ2v) is 6.38. The SMILES string of the molecule is Nc1cc(=O)[nH]c(SC2CCOC3(CCC3)C2)n1. The lowest BCUT2D eigenvalue weighted by molar-refractivity contribution is -0.125. The van der Waals surface area contributed by atoms with Crippen LogP contribution in [-0.4, -0.2) is 27.4 Å². The number of hydrogen-bond acceptors (Lipinski definition) is 5. The van der Waals surface area contributed by atoms with E-state index in [0.717, 1.165) is 19.4 Å². The average molecular weight is 267 g/mol. The van der Waals surface area contributed by atoms with Gasteiger partial charge in [0.1, 0.15) is 5.82 Å². The fourth-order valence-corrected chi connectivity index (χ4v) is 3.90. The highest BCUT2D eigenvalue weighted by Crippen LogP contribution is 2.45. The van der Waals surface area contributed by atoms with Crippen LogP contribution in [0, 0.1) is 0 Å². The molecule has 1 aliphatic carbocycles. The van der Waals surface area contributed by atoms with Gasteiger partial charge in [-0.05, 0) is 32.1 Å². The Labute approximate surface area is 110 Å². The van der Waals surface area contributed by atoms with Crippen molar-refractivity contribution in [2.24, 2.45) is 0 Å². The zero-order valence-electron chi connectivity index (χ0n) is 10.1. The molecule has 1 atom stereocenters. The third-order valence-electron chi connectivity index (χ3n) is 3.73. The highest BCUT2D eigenvalue weighted by molar-refractivity contribution is 7.99. The first-order valence-electron chi connectivity index (χ1n) is 6.33. The highest BCUT2D eigenvalue weighted by Gasteiger charge is 2.42. The summed E-state index contributed by atoms with van der Waals surface area (Å²) in [6, 6.07) is 1.31. The van der Waals surface area contributed by atoms with Crippen molar-refractivity contribution in [1.29, 1.82) is 0 Å². The second-order valence-electron chi connectivity index (χ2n) is 5.09. The van der Waals surface area contributed by atoms with Crippen molar-refractivity contribution >= 4 is 17.6 Å². The molecular weight excluding hydrogens is 250 g/mol. The van der Waals surface area contributed by atoms with Gasteiger partial charge < -0.3 is 15.5 Å². The quantitative estimate of drug-likeness (QED) is 0.794. The first-order chi connectivity index (χ1) is 8.65. The van der Waals surface area contributed by atoms with E-state index in [1.165, 1.54) is 25.3 Å². The lowest BCUT2D eigenvalue weighted by Crippen LogP contribution is -2.46. The monoisotopic (exact) mass is 267 g/mol.